The number of hydrogen-bond donors (Lipinski definition) is 1. The molecule has 0 aromatic heterocycles. The summed E-state index contributed by atoms with van der Waals surface area (Å²) in [5, 5.41) is 9.72. The van der Waals surface area contributed by atoms with Gasteiger partial charge in [0.15, 0.2) is 0 Å². The predicted octanol–water partition coefficient (Wildman–Crippen LogP) is 1.80. The van der Waals surface area contributed by atoms with Gasteiger partial charge in [0.2, 0.25) is 0 Å². The smallest absolute Gasteiger partial charge is 0.0573 e. The topological polar surface area (TPSA) is 20.2 Å². The fourth-order valence-electron chi connectivity index (χ4n) is 4.04. The largest absolute Gasteiger partial charge is 0.393 e. The van der Waals surface area contributed by atoms with Crippen molar-refractivity contribution in [3.63, 3.8) is 0 Å². The third kappa shape index (κ3) is 0.703. The zero-order chi connectivity index (χ0) is 7.42. The van der Waals surface area contributed by atoms with Crippen LogP contribution in [0.5, 0.6) is 0 Å². The molecule has 0 heterocycles. The highest BCUT2D eigenvalue weighted by molar-refractivity contribution is 5.02. The molecule has 0 spiro atoms. The number of aliphatic hydroxyl groups excluding tert-OH is 1. The molecule has 0 unspecified atom stereocenters. The first-order valence-corrected chi connectivity index (χ1v) is 5.04. The Morgan fingerprint density at radius 2 is 1.73 bits per heavy atom. The van der Waals surface area contributed by atoms with E-state index in [4.69, 9.17) is 0 Å². The summed E-state index contributed by atoms with van der Waals surface area (Å²) in [5.74, 6) is 3.60. The van der Waals surface area contributed by atoms with E-state index < -0.39 is 0 Å². The molecule has 1 nitrogen and oxygen atoms in total. The van der Waals surface area contributed by atoms with Crippen LogP contribution < -0.4 is 0 Å². The van der Waals surface area contributed by atoms with Crippen LogP contribution in [0.25, 0.3) is 0 Å². The molecular formula is C10H16O. The maximum Gasteiger partial charge on any atom is 0.0573 e. The second-order valence-corrected chi connectivity index (χ2v) is 4.72. The number of rotatable bonds is 0. The van der Waals surface area contributed by atoms with Crippen LogP contribution in [-0.4, -0.2) is 11.2 Å². The van der Waals surface area contributed by atoms with Crippen molar-refractivity contribution in [2.45, 2.75) is 38.2 Å². The van der Waals surface area contributed by atoms with Crippen LogP contribution in [0.2, 0.25) is 0 Å². The van der Waals surface area contributed by atoms with Gasteiger partial charge in [-0.1, -0.05) is 0 Å². The summed E-state index contributed by atoms with van der Waals surface area (Å²) < 4.78 is 0. The van der Waals surface area contributed by atoms with Crippen molar-refractivity contribution in [2.75, 3.05) is 0 Å². The van der Waals surface area contributed by atoms with E-state index in [1.165, 1.54) is 25.7 Å². The predicted molar refractivity (Wildman–Crippen MR) is 43.1 cm³/mol. The van der Waals surface area contributed by atoms with Crippen molar-refractivity contribution < 1.29 is 5.11 Å². The van der Waals surface area contributed by atoms with E-state index >= 15 is 0 Å². The molecule has 0 amide bonds. The number of aliphatic hydroxyl groups is 1. The number of fused-ring (bicyclic) bond motifs is 5. The molecule has 0 aromatic carbocycles. The lowest BCUT2D eigenvalue weighted by molar-refractivity contribution is 0.0863. The lowest BCUT2D eigenvalue weighted by atomic mass is 9.81. The molecule has 0 aliphatic heterocycles. The fraction of sp³-hybridized carbons (Fsp3) is 1.00. The van der Waals surface area contributed by atoms with Gasteiger partial charge in [0, 0.05) is 0 Å². The molecule has 11 heavy (non-hydrogen) atoms. The van der Waals surface area contributed by atoms with Crippen LogP contribution in [0.1, 0.15) is 32.1 Å². The van der Waals surface area contributed by atoms with Crippen molar-refractivity contribution in [3.8, 4) is 0 Å². The summed E-state index contributed by atoms with van der Waals surface area (Å²) in [5.41, 5.74) is 0. The first kappa shape index (κ1) is 6.47. The van der Waals surface area contributed by atoms with E-state index in [-0.39, 0.29) is 6.10 Å². The Balaban J connectivity index is 1.91. The minimum absolute atomic E-state index is 0.0790. The van der Waals surface area contributed by atoms with Gasteiger partial charge in [-0.3, -0.25) is 0 Å². The van der Waals surface area contributed by atoms with E-state index in [9.17, 15) is 5.11 Å². The Morgan fingerprint density at radius 3 is 2.55 bits per heavy atom. The van der Waals surface area contributed by atoms with E-state index in [0.717, 1.165) is 30.1 Å². The normalized spacial score (nSPS) is 60.3. The van der Waals surface area contributed by atoms with Crippen LogP contribution in [0.15, 0.2) is 0 Å². The van der Waals surface area contributed by atoms with Crippen molar-refractivity contribution in [3.05, 3.63) is 0 Å². The third-order valence-corrected chi connectivity index (χ3v) is 4.40. The Kier molecular flexibility index (Phi) is 1.18. The quantitative estimate of drug-likeness (QED) is 0.561. The lowest BCUT2D eigenvalue weighted by Gasteiger charge is -2.26. The molecule has 3 aliphatic rings. The molecule has 62 valence electrons. The highest BCUT2D eigenvalue weighted by atomic mass is 16.3. The lowest BCUT2D eigenvalue weighted by Crippen LogP contribution is -2.24. The van der Waals surface area contributed by atoms with Crippen molar-refractivity contribution in [2.24, 2.45) is 23.7 Å². The van der Waals surface area contributed by atoms with Gasteiger partial charge >= 0.3 is 0 Å². The zero-order valence-electron chi connectivity index (χ0n) is 6.87. The van der Waals surface area contributed by atoms with Crippen LogP contribution in [0.3, 0.4) is 0 Å². The fourth-order valence-corrected chi connectivity index (χ4v) is 4.04. The van der Waals surface area contributed by atoms with Gasteiger partial charge in [0.05, 0.1) is 6.10 Å². The average molecular weight is 152 g/mol. The highest BCUT2D eigenvalue weighted by Gasteiger charge is 2.52. The molecule has 3 rings (SSSR count). The summed E-state index contributed by atoms with van der Waals surface area (Å²) in [6.07, 6.45) is 6.85. The van der Waals surface area contributed by atoms with Gasteiger partial charge in [0.25, 0.3) is 0 Å². The third-order valence-electron chi connectivity index (χ3n) is 4.40. The van der Waals surface area contributed by atoms with E-state index in [0.29, 0.717) is 0 Å². The maximum absolute atomic E-state index is 9.72. The highest BCUT2D eigenvalue weighted by Crippen LogP contribution is 2.58. The molecule has 0 saturated heterocycles. The minimum Gasteiger partial charge on any atom is -0.393 e. The van der Waals surface area contributed by atoms with Crippen LogP contribution >= 0.6 is 0 Å². The molecule has 0 radical (unpaired) electrons. The van der Waals surface area contributed by atoms with Crippen LogP contribution in [0, 0.1) is 23.7 Å². The van der Waals surface area contributed by atoms with Crippen molar-refractivity contribution in [1.29, 1.82) is 0 Å². The maximum atomic E-state index is 9.72. The first-order chi connectivity index (χ1) is 5.36. The zero-order valence-corrected chi connectivity index (χ0v) is 6.87. The van der Waals surface area contributed by atoms with Gasteiger partial charge in [0.1, 0.15) is 0 Å². The summed E-state index contributed by atoms with van der Waals surface area (Å²) in [6, 6.07) is 0. The van der Waals surface area contributed by atoms with E-state index in [1.54, 1.807) is 0 Å². The van der Waals surface area contributed by atoms with Gasteiger partial charge in [-0.25, -0.2) is 0 Å². The first-order valence-electron chi connectivity index (χ1n) is 5.04. The molecule has 2 bridgehead atoms. The van der Waals surface area contributed by atoms with Gasteiger partial charge in [-0.15, -0.1) is 0 Å². The van der Waals surface area contributed by atoms with Gasteiger partial charge in [-0.05, 0) is 55.8 Å². The standard InChI is InChI=1S/C10H16O/c11-9-4-3-8-6-1-2-7(5-6)10(8)9/h6-11H,1-5H2/t6-,7-,8+,9+,10-/m0/s1. The molecule has 1 N–H and O–H groups in total. The van der Waals surface area contributed by atoms with Crippen LogP contribution in [-0.2, 0) is 0 Å². The van der Waals surface area contributed by atoms with E-state index in [2.05, 4.69) is 0 Å². The molecule has 3 aliphatic carbocycles. The Hall–Kier alpha value is -0.0400. The molecule has 5 atom stereocenters. The Bertz CT molecular complexity index is 178. The Labute approximate surface area is 67.8 Å². The summed E-state index contributed by atoms with van der Waals surface area (Å²) in [7, 11) is 0. The summed E-state index contributed by atoms with van der Waals surface area (Å²) in [4.78, 5) is 0. The second-order valence-electron chi connectivity index (χ2n) is 4.72. The number of hydrogen-bond acceptors (Lipinski definition) is 1. The van der Waals surface area contributed by atoms with Crippen molar-refractivity contribution in [1.82, 2.24) is 0 Å². The molecular weight excluding hydrogens is 136 g/mol. The average Bonchev–Trinajstić information content (AvgIpc) is 2.60. The van der Waals surface area contributed by atoms with Gasteiger partial charge in [-0.2, -0.15) is 0 Å². The summed E-state index contributed by atoms with van der Waals surface area (Å²) in [6.45, 7) is 0. The SMILES string of the molecule is O[C@@H]1CC[C@@H]2[C@H]3CC[C@@H](C3)[C@@H]21. The monoisotopic (exact) mass is 152 g/mol. The van der Waals surface area contributed by atoms with Crippen LogP contribution in [0.4, 0.5) is 0 Å². The molecule has 1 heteroatoms. The molecule has 3 saturated carbocycles. The molecule has 3 fully saturated rings. The summed E-state index contributed by atoms with van der Waals surface area (Å²) >= 11 is 0. The van der Waals surface area contributed by atoms with E-state index in [1.807, 2.05) is 0 Å². The second kappa shape index (κ2) is 2.01. The van der Waals surface area contributed by atoms with Gasteiger partial charge < -0.3 is 5.11 Å². The Morgan fingerprint density at radius 1 is 0.909 bits per heavy atom. The van der Waals surface area contributed by atoms with Crippen molar-refractivity contribution >= 4 is 0 Å². The molecule has 0 aromatic rings. The minimum atomic E-state index is 0.0790.